The van der Waals surface area contributed by atoms with E-state index in [0.29, 0.717) is 0 Å². The monoisotopic (exact) mass is 203 g/mol. The van der Waals surface area contributed by atoms with E-state index in [4.69, 9.17) is 0 Å². The third kappa shape index (κ3) is 1.71. The minimum Gasteiger partial charge on any atom is -0.258 e. The van der Waals surface area contributed by atoms with E-state index in [9.17, 15) is 10.1 Å². The Labute approximate surface area is 86.1 Å². The Bertz CT molecular complexity index is 491. The number of aryl methyl sites for hydroxylation is 1. The largest absolute Gasteiger partial charge is 0.269 e. The fraction of sp³-hybridized carbons (Fsp3) is 0.100. The summed E-state index contributed by atoms with van der Waals surface area (Å²) in [6.07, 6.45) is 3.47. The first kappa shape index (κ1) is 9.39. The molecule has 0 radical (unpaired) electrons. The second kappa shape index (κ2) is 3.53. The molecule has 0 unspecified atom stereocenters. The van der Waals surface area contributed by atoms with Crippen LogP contribution >= 0.6 is 0 Å². The summed E-state index contributed by atoms with van der Waals surface area (Å²) in [7, 11) is 0. The predicted octanol–water partition coefficient (Wildman–Crippen LogP) is 2.09. The van der Waals surface area contributed by atoms with Crippen LogP contribution in [0.3, 0.4) is 0 Å². The number of rotatable bonds is 2. The van der Waals surface area contributed by atoms with Crippen LogP contribution in [-0.2, 0) is 0 Å². The molecule has 1 aromatic carbocycles. The molecule has 0 saturated carbocycles. The molecule has 1 aromatic heterocycles. The molecule has 0 atom stereocenters. The summed E-state index contributed by atoms with van der Waals surface area (Å²) < 4.78 is 1.68. The normalized spacial score (nSPS) is 10.2. The molecule has 0 aliphatic carbocycles. The van der Waals surface area contributed by atoms with Crippen molar-refractivity contribution < 1.29 is 4.92 Å². The zero-order valence-corrected chi connectivity index (χ0v) is 8.12. The van der Waals surface area contributed by atoms with Crippen LogP contribution in [0.5, 0.6) is 0 Å². The number of nitrogens with zero attached hydrogens (tertiary/aromatic N) is 3. The molecule has 0 fully saturated rings. The number of benzene rings is 1. The average Bonchev–Trinajstić information content (AvgIpc) is 2.70. The Morgan fingerprint density at radius 1 is 1.47 bits per heavy atom. The Morgan fingerprint density at radius 2 is 2.27 bits per heavy atom. The van der Waals surface area contributed by atoms with Crippen molar-refractivity contribution in [1.29, 1.82) is 0 Å². The third-order valence-corrected chi connectivity index (χ3v) is 2.14. The maximum atomic E-state index is 10.5. The van der Waals surface area contributed by atoms with E-state index in [-0.39, 0.29) is 5.69 Å². The summed E-state index contributed by atoms with van der Waals surface area (Å²) in [6.45, 7) is 1.82. The number of nitro groups is 1. The minimum atomic E-state index is -0.403. The van der Waals surface area contributed by atoms with E-state index in [1.54, 1.807) is 29.2 Å². The van der Waals surface area contributed by atoms with E-state index < -0.39 is 4.92 Å². The second-order valence-corrected chi connectivity index (χ2v) is 3.18. The van der Waals surface area contributed by atoms with Crippen LogP contribution in [0.2, 0.25) is 0 Å². The highest BCUT2D eigenvalue weighted by atomic mass is 16.6. The Hall–Kier alpha value is -2.17. The van der Waals surface area contributed by atoms with Crippen LogP contribution in [0.25, 0.3) is 5.69 Å². The molecule has 0 aliphatic heterocycles. The van der Waals surface area contributed by atoms with Crippen LogP contribution in [-0.4, -0.2) is 14.7 Å². The molecule has 0 aliphatic rings. The first-order valence-electron chi connectivity index (χ1n) is 4.43. The Morgan fingerprint density at radius 3 is 2.80 bits per heavy atom. The van der Waals surface area contributed by atoms with Crippen LogP contribution in [0.1, 0.15) is 5.56 Å². The molecule has 2 rings (SSSR count). The summed E-state index contributed by atoms with van der Waals surface area (Å²) in [5, 5.41) is 14.6. The fourth-order valence-corrected chi connectivity index (χ4v) is 1.42. The van der Waals surface area contributed by atoms with Gasteiger partial charge in [-0.05, 0) is 24.6 Å². The van der Waals surface area contributed by atoms with Gasteiger partial charge in [0.2, 0.25) is 0 Å². The molecular formula is C10H9N3O2. The summed E-state index contributed by atoms with van der Waals surface area (Å²) in [6, 6.07) is 6.52. The van der Waals surface area contributed by atoms with Gasteiger partial charge in [0.1, 0.15) is 0 Å². The van der Waals surface area contributed by atoms with Crippen LogP contribution in [0.15, 0.2) is 36.7 Å². The van der Waals surface area contributed by atoms with Crippen molar-refractivity contribution in [1.82, 2.24) is 9.78 Å². The topological polar surface area (TPSA) is 61.0 Å². The molecule has 2 aromatic rings. The lowest BCUT2D eigenvalue weighted by Crippen LogP contribution is -1.98. The van der Waals surface area contributed by atoms with Gasteiger partial charge in [-0.25, -0.2) is 4.68 Å². The molecule has 0 amide bonds. The third-order valence-electron chi connectivity index (χ3n) is 2.14. The summed E-state index contributed by atoms with van der Waals surface area (Å²) in [4.78, 5) is 10.1. The van der Waals surface area contributed by atoms with Gasteiger partial charge in [0.05, 0.1) is 10.6 Å². The van der Waals surface area contributed by atoms with Crippen molar-refractivity contribution in [2.45, 2.75) is 6.92 Å². The number of nitro benzene ring substituents is 1. The summed E-state index contributed by atoms with van der Waals surface area (Å²) in [5.74, 6) is 0. The first-order valence-corrected chi connectivity index (χ1v) is 4.43. The van der Waals surface area contributed by atoms with E-state index in [1.807, 2.05) is 6.92 Å². The number of aromatic nitrogens is 2. The standard InChI is InChI=1S/C10H9N3O2/c1-8-7-9(13(14)15)3-4-10(8)12-6-2-5-11-12/h2-7H,1H3. The lowest BCUT2D eigenvalue weighted by molar-refractivity contribution is -0.384. The Balaban J connectivity index is 2.48. The quantitative estimate of drug-likeness (QED) is 0.554. The molecule has 5 nitrogen and oxygen atoms in total. The zero-order valence-electron chi connectivity index (χ0n) is 8.12. The lowest BCUT2D eigenvalue weighted by Gasteiger charge is -2.04. The van der Waals surface area contributed by atoms with Gasteiger partial charge in [0, 0.05) is 24.5 Å². The molecule has 76 valence electrons. The molecule has 0 spiro atoms. The molecule has 0 bridgehead atoms. The van der Waals surface area contributed by atoms with Gasteiger partial charge in [-0.2, -0.15) is 5.10 Å². The highest BCUT2D eigenvalue weighted by Crippen LogP contribution is 2.19. The zero-order chi connectivity index (χ0) is 10.8. The van der Waals surface area contributed by atoms with Gasteiger partial charge in [0.15, 0.2) is 0 Å². The van der Waals surface area contributed by atoms with E-state index in [1.165, 1.54) is 12.1 Å². The van der Waals surface area contributed by atoms with Crippen LogP contribution in [0, 0.1) is 17.0 Å². The first-order chi connectivity index (χ1) is 7.18. The fourth-order valence-electron chi connectivity index (χ4n) is 1.42. The minimum absolute atomic E-state index is 0.100. The predicted molar refractivity (Wildman–Crippen MR) is 55.0 cm³/mol. The number of hydrogen-bond acceptors (Lipinski definition) is 3. The van der Waals surface area contributed by atoms with Crippen LogP contribution < -0.4 is 0 Å². The van der Waals surface area contributed by atoms with Crippen molar-refractivity contribution in [3.8, 4) is 5.69 Å². The van der Waals surface area contributed by atoms with Gasteiger partial charge in [-0.3, -0.25) is 10.1 Å². The van der Waals surface area contributed by atoms with Gasteiger partial charge in [-0.15, -0.1) is 0 Å². The lowest BCUT2D eigenvalue weighted by atomic mass is 10.2. The highest BCUT2D eigenvalue weighted by Gasteiger charge is 2.08. The van der Waals surface area contributed by atoms with Crippen molar-refractivity contribution in [2.24, 2.45) is 0 Å². The molecular weight excluding hydrogens is 194 g/mol. The van der Waals surface area contributed by atoms with Crippen molar-refractivity contribution in [3.63, 3.8) is 0 Å². The second-order valence-electron chi connectivity index (χ2n) is 3.18. The molecule has 15 heavy (non-hydrogen) atoms. The van der Waals surface area contributed by atoms with Gasteiger partial charge in [-0.1, -0.05) is 0 Å². The summed E-state index contributed by atoms with van der Waals surface area (Å²) in [5.41, 5.74) is 1.78. The van der Waals surface area contributed by atoms with Crippen molar-refractivity contribution in [2.75, 3.05) is 0 Å². The SMILES string of the molecule is Cc1cc([N+](=O)[O-])ccc1-n1cccn1. The highest BCUT2D eigenvalue weighted by molar-refractivity contribution is 5.47. The van der Waals surface area contributed by atoms with Gasteiger partial charge >= 0.3 is 0 Å². The molecule has 5 heteroatoms. The Kier molecular flexibility index (Phi) is 2.21. The maximum absolute atomic E-state index is 10.5. The molecule has 0 saturated heterocycles. The average molecular weight is 203 g/mol. The van der Waals surface area contributed by atoms with Crippen molar-refractivity contribution in [3.05, 3.63) is 52.3 Å². The number of non-ortho nitro benzene ring substituents is 1. The van der Waals surface area contributed by atoms with Gasteiger partial charge in [0.25, 0.3) is 5.69 Å². The van der Waals surface area contributed by atoms with E-state index >= 15 is 0 Å². The van der Waals surface area contributed by atoms with E-state index in [2.05, 4.69) is 5.10 Å². The maximum Gasteiger partial charge on any atom is 0.269 e. The number of hydrogen-bond donors (Lipinski definition) is 0. The summed E-state index contributed by atoms with van der Waals surface area (Å²) >= 11 is 0. The molecule has 1 heterocycles. The smallest absolute Gasteiger partial charge is 0.258 e. The van der Waals surface area contributed by atoms with Gasteiger partial charge < -0.3 is 0 Å². The molecule has 0 N–H and O–H groups in total. The van der Waals surface area contributed by atoms with Crippen LogP contribution in [0.4, 0.5) is 5.69 Å². The van der Waals surface area contributed by atoms with Crippen molar-refractivity contribution >= 4 is 5.69 Å². The van der Waals surface area contributed by atoms with E-state index in [0.717, 1.165) is 11.3 Å².